The molecule has 3 aromatic rings. The lowest BCUT2D eigenvalue weighted by Crippen LogP contribution is -2.38. The molecule has 188 valence electrons. The predicted octanol–water partition coefficient (Wildman–Crippen LogP) is 3.22. The topological polar surface area (TPSA) is 133 Å². The minimum Gasteiger partial charge on any atom is -0.397 e. The molecule has 0 radical (unpaired) electrons. The Kier molecular flexibility index (Phi) is 7.44. The van der Waals surface area contributed by atoms with Crippen molar-refractivity contribution in [1.29, 1.82) is 0 Å². The third-order valence-corrected chi connectivity index (χ3v) is 5.85. The Balaban J connectivity index is 1.62. The lowest BCUT2D eigenvalue weighted by atomic mass is 10.0. The Morgan fingerprint density at radius 2 is 2.00 bits per heavy atom. The lowest BCUT2D eigenvalue weighted by molar-refractivity contribution is 0.0942. The first-order chi connectivity index (χ1) is 17.2. The Labute approximate surface area is 208 Å². The van der Waals surface area contributed by atoms with Gasteiger partial charge >= 0.3 is 0 Å². The molecule has 3 heterocycles. The number of anilines is 3. The maximum atomic E-state index is 14.7. The SMILES string of the molecule is CC(C)NC(=O)c1ccc(F)c(-c2ccc(N)c(C(=O)Nc3cnccc3N3CCC[C@H](O)C3)n2)c1. The van der Waals surface area contributed by atoms with Crippen molar-refractivity contribution < 1.29 is 19.1 Å². The summed E-state index contributed by atoms with van der Waals surface area (Å²) < 4.78 is 14.7. The maximum Gasteiger partial charge on any atom is 0.276 e. The van der Waals surface area contributed by atoms with Gasteiger partial charge in [-0.1, -0.05) is 0 Å². The summed E-state index contributed by atoms with van der Waals surface area (Å²) in [5, 5.41) is 15.6. The van der Waals surface area contributed by atoms with Gasteiger partial charge in [0.2, 0.25) is 0 Å². The average molecular weight is 493 g/mol. The van der Waals surface area contributed by atoms with Gasteiger partial charge in [0, 0.05) is 36.5 Å². The van der Waals surface area contributed by atoms with E-state index in [2.05, 4.69) is 20.6 Å². The second kappa shape index (κ2) is 10.7. The summed E-state index contributed by atoms with van der Waals surface area (Å²) in [5.74, 6) is -1.51. The van der Waals surface area contributed by atoms with Gasteiger partial charge in [0.15, 0.2) is 5.69 Å². The monoisotopic (exact) mass is 492 g/mol. The third-order valence-electron chi connectivity index (χ3n) is 5.85. The zero-order chi connectivity index (χ0) is 25.8. The molecule has 2 aromatic heterocycles. The Hall–Kier alpha value is -4.05. The highest BCUT2D eigenvalue weighted by Gasteiger charge is 2.22. The van der Waals surface area contributed by atoms with Crippen molar-refractivity contribution in [3.63, 3.8) is 0 Å². The zero-order valence-electron chi connectivity index (χ0n) is 20.2. The van der Waals surface area contributed by atoms with Crippen molar-refractivity contribution in [3.05, 3.63) is 65.9 Å². The molecule has 5 N–H and O–H groups in total. The van der Waals surface area contributed by atoms with Gasteiger partial charge < -0.3 is 26.4 Å². The van der Waals surface area contributed by atoms with Gasteiger partial charge in [-0.3, -0.25) is 14.6 Å². The van der Waals surface area contributed by atoms with Crippen LogP contribution in [-0.2, 0) is 0 Å². The summed E-state index contributed by atoms with van der Waals surface area (Å²) in [5.41, 5.74) is 7.76. The Morgan fingerprint density at radius 1 is 1.19 bits per heavy atom. The number of carbonyl (C=O) groups is 2. The number of aliphatic hydroxyl groups excluding tert-OH is 1. The number of amides is 2. The van der Waals surface area contributed by atoms with E-state index in [0.717, 1.165) is 25.1 Å². The molecule has 4 rings (SSSR count). The second-order valence-corrected chi connectivity index (χ2v) is 9.05. The Morgan fingerprint density at radius 3 is 2.75 bits per heavy atom. The number of nitrogens with zero attached hydrogens (tertiary/aromatic N) is 3. The number of halogens is 1. The van der Waals surface area contributed by atoms with Crippen molar-refractivity contribution in [3.8, 4) is 11.3 Å². The van der Waals surface area contributed by atoms with Crippen LogP contribution in [-0.4, -0.2) is 52.1 Å². The molecule has 0 unspecified atom stereocenters. The summed E-state index contributed by atoms with van der Waals surface area (Å²) in [6.07, 6.45) is 4.24. The lowest BCUT2D eigenvalue weighted by Gasteiger charge is -2.33. The number of aliphatic hydroxyl groups is 1. The van der Waals surface area contributed by atoms with Crippen LogP contribution >= 0.6 is 0 Å². The van der Waals surface area contributed by atoms with Gasteiger partial charge in [0.05, 0.1) is 35.1 Å². The molecule has 10 heteroatoms. The van der Waals surface area contributed by atoms with Crippen molar-refractivity contribution in [1.82, 2.24) is 15.3 Å². The van der Waals surface area contributed by atoms with E-state index in [-0.39, 0.29) is 40.2 Å². The number of aromatic nitrogens is 2. The molecule has 1 fully saturated rings. The van der Waals surface area contributed by atoms with Gasteiger partial charge in [0.1, 0.15) is 5.82 Å². The van der Waals surface area contributed by atoms with E-state index in [4.69, 9.17) is 5.73 Å². The molecule has 1 aliphatic rings. The number of nitrogens with two attached hydrogens (primary N) is 1. The van der Waals surface area contributed by atoms with Crippen molar-refractivity contribution >= 4 is 28.9 Å². The number of hydrogen-bond acceptors (Lipinski definition) is 7. The van der Waals surface area contributed by atoms with E-state index in [0.29, 0.717) is 12.2 Å². The molecular weight excluding hydrogens is 463 g/mol. The van der Waals surface area contributed by atoms with E-state index in [1.807, 2.05) is 18.7 Å². The molecular formula is C26H29FN6O3. The fourth-order valence-electron chi connectivity index (χ4n) is 4.12. The van der Waals surface area contributed by atoms with Gasteiger partial charge in [-0.05, 0) is 63.1 Å². The number of nitrogens with one attached hydrogen (secondary N) is 2. The number of nitrogen functional groups attached to an aromatic ring is 1. The number of hydrogen-bond donors (Lipinski definition) is 4. The van der Waals surface area contributed by atoms with E-state index < -0.39 is 17.8 Å². The molecule has 36 heavy (non-hydrogen) atoms. The second-order valence-electron chi connectivity index (χ2n) is 9.05. The molecule has 1 saturated heterocycles. The van der Waals surface area contributed by atoms with Crippen molar-refractivity contribution in [2.75, 3.05) is 29.0 Å². The van der Waals surface area contributed by atoms with Crippen LogP contribution in [0.15, 0.2) is 48.8 Å². The van der Waals surface area contributed by atoms with E-state index in [9.17, 15) is 19.1 Å². The number of piperidine rings is 1. The van der Waals surface area contributed by atoms with Gasteiger partial charge in [0.25, 0.3) is 11.8 Å². The molecule has 1 aromatic carbocycles. The minimum atomic E-state index is -0.588. The fourth-order valence-corrected chi connectivity index (χ4v) is 4.12. The quantitative estimate of drug-likeness (QED) is 0.415. The highest BCUT2D eigenvalue weighted by atomic mass is 19.1. The first-order valence-corrected chi connectivity index (χ1v) is 11.8. The van der Waals surface area contributed by atoms with Crippen LogP contribution in [0.25, 0.3) is 11.3 Å². The normalized spacial score (nSPS) is 15.6. The molecule has 1 aliphatic heterocycles. The fraction of sp³-hybridized carbons (Fsp3) is 0.308. The first kappa shape index (κ1) is 25.1. The summed E-state index contributed by atoms with van der Waals surface area (Å²) in [6.45, 7) is 4.84. The molecule has 0 bridgehead atoms. The van der Waals surface area contributed by atoms with E-state index in [1.165, 1.54) is 36.5 Å². The largest absolute Gasteiger partial charge is 0.397 e. The zero-order valence-corrected chi connectivity index (χ0v) is 20.2. The van der Waals surface area contributed by atoms with Gasteiger partial charge in [-0.15, -0.1) is 0 Å². The summed E-state index contributed by atoms with van der Waals surface area (Å²) in [7, 11) is 0. The average Bonchev–Trinajstić information content (AvgIpc) is 2.84. The smallest absolute Gasteiger partial charge is 0.276 e. The molecule has 0 spiro atoms. The number of β-amino-alcohol motifs (C(OH)–C–C–N with tert-alkyl or cyclic N) is 1. The number of benzene rings is 1. The Bertz CT molecular complexity index is 1280. The van der Waals surface area contributed by atoms with Gasteiger partial charge in [-0.25, -0.2) is 9.37 Å². The van der Waals surface area contributed by atoms with E-state index in [1.54, 1.807) is 12.3 Å². The van der Waals surface area contributed by atoms with Crippen molar-refractivity contribution in [2.45, 2.75) is 38.8 Å². The van der Waals surface area contributed by atoms with Gasteiger partial charge in [-0.2, -0.15) is 0 Å². The first-order valence-electron chi connectivity index (χ1n) is 11.8. The van der Waals surface area contributed by atoms with E-state index >= 15 is 0 Å². The highest BCUT2D eigenvalue weighted by Crippen LogP contribution is 2.29. The van der Waals surface area contributed by atoms with Crippen LogP contribution < -0.4 is 21.3 Å². The standard InChI is InChI=1S/C26H29FN6O3/c1-15(2)30-25(35)16-5-6-19(27)18(12-16)21-8-7-20(28)24(31-21)26(36)32-22-13-29-10-9-23(22)33-11-3-4-17(34)14-33/h5-10,12-13,15,17,34H,3-4,11,14,28H2,1-2H3,(H,30,35)(H,32,36)/t17-/m0/s1. The third kappa shape index (κ3) is 5.60. The number of pyridine rings is 2. The molecule has 9 nitrogen and oxygen atoms in total. The van der Waals surface area contributed by atoms with Crippen LogP contribution in [0.4, 0.5) is 21.5 Å². The van der Waals surface area contributed by atoms with Crippen LogP contribution in [0.2, 0.25) is 0 Å². The predicted molar refractivity (Wildman–Crippen MR) is 136 cm³/mol. The van der Waals surface area contributed by atoms with Crippen molar-refractivity contribution in [2.24, 2.45) is 0 Å². The minimum absolute atomic E-state index is 0.0739. The van der Waals surface area contributed by atoms with Crippen LogP contribution in [0.1, 0.15) is 47.5 Å². The maximum absolute atomic E-state index is 14.7. The molecule has 0 aliphatic carbocycles. The highest BCUT2D eigenvalue weighted by molar-refractivity contribution is 6.08. The molecule has 1 atom stereocenters. The van der Waals surface area contributed by atoms with Crippen LogP contribution in [0, 0.1) is 5.82 Å². The molecule has 2 amide bonds. The number of carbonyl (C=O) groups excluding carboxylic acids is 2. The van der Waals surface area contributed by atoms with Crippen LogP contribution in [0.3, 0.4) is 0 Å². The summed E-state index contributed by atoms with van der Waals surface area (Å²) in [4.78, 5) is 36.0. The van der Waals surface area contributed by atoms with Crippen LogP contribution in [0.5, 0.6) is 0 Å². The molecule has 0 saturated carbocycles. The number of rotatable bonds is 6. The summed E-state index contributed by atoms with van der Waals surface area (Å²) >= 11 is 0. The summed E-state index contributed by atoms with van der Waals surface area (Å²) in [6, 6.07) is 8.64.